The van der Waals surface area contributed by atoms with Crippen LogP contribution in [-0.2, 0) is 33.3 Å². The van der Waals surface area contributed by atoms with Gasteiger partial charge in [0.1, 0.15) is 0 Å². The van der Waals surface area contributed by atoms with Crippen molar-refractivity contribution >= 4 is 17.9 Å². The molecule has 0 N–H and O–H groups in total. The van der Waals surface area contributed by atoms with Crippen molar-refractivity contribution in [2.75, 3.05) is 13.2 Å². The lowest BCUT2D eigenvalue weighted by atomic mass is 10.1. The van der Waals surface area contributed by atoms with E-state index in [4.69, 9.17) is 18.9 Å². The van der Waals surface area contributed by atoms with Gasteiger partial charge in [0.05, 0.1) is 19.6 Å². The normalized spacial score (nSPS) is 23.1. The minimum absolute atomic E-state index is 0.0816. The zero-order valence-electron chi connectivity index (χ0n) is 11.8. The molecule has 1 aliphatic rings. The molecule has 0 radical (unpaired) electrons. The van der Waals surface area contributed by atoms with E-state index in [1.165, 1.54) is 6.08 Å². The molecule has 0 saturated carbocycles. The van der Waals surface area contributed by atoms with Gasteiger partial charge in [-0.15, -0.1) is 0 Å². The van der Waals surface area contributed by atoms with Crippen LogP contribution in [-0.4, -0.2) is 36.9 Å². The molecule has 0 aromatic carbocycles. The number of hydrogen-bond donors (Lipinski definition) is 0. The van der Waals surface area contributed by atoms with Crippen LogP contribution in [0, 0.1) is 0 Å². The fourth-order valence-corrected chi connectivity index (χ4v) is 1.65. The average Bonchev–Trinajstić information content (AvgIpc) is 2.75. The molecule has 0 aromatic rings. The predicted octanol–water partition coefficient (Wildman–Crippen LogP) is 1.07. The van der Waals surface area contributed by atoms with Crippen LogP contribution in [0.15, 0.2) is 11.8 Å². The molecule has 0 aliphatic carbocycles. The Morgan fingerprint density at radius 2 is 1.85 bits per heavy atom. The van der Waals surface area contributed by atoms with Crippen molar-refractivity contribution in [1.29, 1.82) is 0 Å². The SMILES string of the molecule is C/C=C1\OC(CCC(=O)OCC)(C(=O)OCC)OC1=O. The molecule has 112 valence electrons. The molecule has 1 atom stereocenters. The first-order valence-electron chi connectivity index (χ1n) is 6.40. The third-order valence-electron chi connectivity index (χ3n) is 2.55. The summed E-state index contributed by atoms with van der Waals surface area (Å²) in [6.45, 7) is 5.19. The molecular formula is C13H18O7. The summed E-state index contributed by atoms with van der Waals surface area (Å²) in [5.41, 5.74) is 0. The molecule has 1 saturated heterocycles. The first kappa shape index (κ1) is 16.0. The Balaban J connectivity index is 2.84. The zero-order valence-corrected chi connectivity index (χ0v) is 11.8. The van der Waals surface area contributed by atoms with Crippen LogP contribution in [0.5, 0.6) is 0 Å². The van der Waals surface area contributed by atoms with Gasteiger partial charge in [0.25, 0.3) is 0 Å². The third kappa shape index (κ3) is 3.49. The molecule has 0 bridgehead atoms. The lowest BCUT2D eigenvalue weighted by molar-refractivity contribution is -0.208. The van der Waals surface area contributed by atoms with Crippen molar-refractivity contribution in [2.45, 2.75) is 39.4 Å². The Kier molecular flexibility index (Phi) is 5.54. The van der Waals surface area contributed by atoms with E-state index in [1.54, 1.807) is 20.8 Å². The van der Waals surface area contributed by atoms with Gasteiger partial charge in [0.15, 0.2) is 0 Å². The van der Waals surface area contributed by atoms with Gasteiger partial charge in [-0.3, -0.25) is 4.79 Å². The first-order chi connectivity index (χ1) is 9.49. The van der Waals surface area contributed by atoms with E-state index in [0.717, 1.165) is 0 Å². The number of allylic oxidation sites excluding steroid dienone is 1. The van der Waals surface area contributed by atoms with E-state index < -0.39 is 23.7 Å². The maximum atomic E-state index is 11.9. The van der Waals surface area contributed by atoms with E-state index in [1.807, 2.05) is 0 Å². The number of ether oxygens (including phenoxy) is 4. The van der Waals surface area contributed by atoms with Crippen LogP contribution in [0.25, 0.3) is 0 Å². The van der Waals surface area contributed by atoms with Gasteiger partial charge in [-0.1, -0.05) is 0 Å². The lowest BCUT2D eigenvalue weighted by Crippen LogP contribution is -2.42. The Bertz CT molecular complexity index is 426. The van der Waals surface area contributed by atoms with Gasteiger partial charge in [0, 0.05) is 6.42 Å². The number of carbonyl (C=O) groups is 3. The Labute approximate surface area is 116 Å². The standard InChI is InChI=1S/C13H18O7/c1-4-9-11(15)20-13(19-9,12(16)18-6-3)8-7-10(14)17-5-2/h4H,5-8H2,1-3H3/b9-4-. The molecule has 0 amide bonds. The summed E-state index contributed by atoms with van der Waals surface area (Å²) in [5, 5.41) is 0. The highest BCUT2D eigenvalue weighted by Gasteiger charge is 2.53. The second kappa shape index (κ2) is 6.93. The van der Waals surface area contributed by atoms with Crippen molar-refractivity contribution in [3.05, 3.63) is 11.8 Å². The summed E-state index contributed by atoms with van der Waals surface area (Å²) >= 11 is 0. The van der Waals surface area contributed by atoms with Crippen molar-refractivity contribution in [2.24, 2.45) is 0 Å². The number of esters is 3. The zero-order chi connectivity index (χ0) is 15.2. The fourth-order valence-electron chi connectivity index (χ4n) is 1.65. The highest BCUT2D eigenvalue weighted by atomic mass is 16.8. The van der Waals surface area contributed by atoms with E-state index in [9.17, 15) is 14.4 Å². The molecule has 7 nitrogen and oxygen atoms in total. The van der Waals surface area contributed by atoms with E-state index in [0.29, 0.717) is 0 Å². The summed E-state index contributed by atoms with van der Waals surface area (Å²) < 4.78 is 19.9. The maximum Gasteiger partial charge on any atom is 0.392 e. The monoisotopic (exact) mass is 286 g/mol. The van der Waals surface area contributed by atoms with Crippen molar-refractivity contribution in [3.63, 3.8) is 0 Å². The van der Waals surface area contributed by atoms with Gasteiger partial charge < -0.3 is 18.9 Å². The minimum atomic E-state index is -1.90. The van der Waals surface area contributed by atoms with Crippen molar-refractivity contribution < 1.29 is 33.3 Å². The number of carbonyl (C=O) groups excluding carboxylic acids is 3. The van der Waals surface area contributed by atoms with E-state index in [-0.39, 0.29) is 31.8 Å². The van der Waals surface area contributed by atoms with Crippen LogP contribution >= 0.6 is 0 Å². The number of hydrogen-bond acceptors (Lipinski definition) is 7. The third-order valence-corrected chi connectivity index (χ3v) is 2.55. The molecular weight excluding hydrogens is 268 g/mol. The summed E-state index contributed by atoms with van der Waals surface area (Å²) in [4.78, 5) is 34.9. The topological polar surface area (TPSA) is 88.1 Å². The molecule has 0 aromatic heterocycles. The Morgan fingerprint density at radius 3 is 2.35 bits per heavy atom. The second-order valence-corrected chi connectivity index (χ2v) is 3.92. The molecule has 1 heterocycles. The largest absolute Gasteiger partial charge is 0.466 e. The number of cyclic esters (lactones) is 1. The van der Waals surface area contributed by atoms with Crippen LogP contribution in [0.2, 0.25) is 0 Å². The van der Waals surface area contributed by atoms with E-state index >= 15 is 0 Å². The summed E-state index contributed by atoms with van der Waals surface area (Å²) in [6.07, 6.45) is 1.10. The second-order valence-electron chi connectivity index (χ2n) is 3.92. The molecule has 1 rings (SSSR count). The van der Waals surface area contributed by atoms with Gasteiger partial charge in [-0.05, 0) is 26.8 Å². The predicted molar refractivity (Wildman–Crippen MR) is 66.2 cm³/mol. The summed E-state index contributed by atoms with van der Waals surface area (Å²) in [5.74, 6) is -4.09. The molecule has 7 heteroatoms. The van der Waals surface area contributed by atoms with Crippen LogP contribution in [0.1, 0.15) is 33.6 Å². The van der Waals surface area contributed by atoms with E-state index in [2.05, 4.69) is 0 Å². The minimum Gasteiger partial charge on any atom is -0.466 e. The molecule has 1 aliphatic heterocycles. The maximum absolute atomic E-state index is 11.9. The molecule has 1 fully saturated rings. The van der Waals surface area contributed by atoms with Crippen molar-refractivity contribution in [1.82, 2.24) is 0 Å². The van der Waals surface area contributed by atoms with Crippen LogP contribution in [0.3, 0.4) is 0 Å². The van der Waals surface area contributed by atoms with Gasteiger partial charge in [-0.25, -0.2) is 9.59 Å². The Morgan fingerprint density at radius 1 is 1.20 bits per heavy atom. The summed E-state index contributed by atoms with van der Waals surface area (Å²) in [7, 11) is 0. The van der Waals surface area contributed by atoms with Crippen molar-refractivity contribution in [3.8, 4) is 0 Å². The smallest absolute Gasteiger partial charge is 0.392 e. The van der Waals surface area contributed by atoms with Gasteiger partial charge in [0.2, 0.25) is 5.76 Å². The first-order valence-corrected chi connectivity index (χ1v) is 6.40. The highest BCUT2D eigenvalue weighted by molar-refractivity contribution is 5.93. The van der Waals surface area contributed by atoms with Gasteiger partial charge in [-0.2, -0.15) is 0 Å². The quantitative estimate of drug-likeness (QED) is 0.410. The summed E-state index contributed by atoms with van der Waals surface area (Å²) in [6, 6.07) is 0. The fraction of sp³-hybridized carbons (Fsp3) is 0.615. The molecule has 20 heavy (non-hydrogen) atoms. The Hall–Kier alpha value is -2.05. The average molecular weight is 286 g/mol. The molecule has 0 spiro atoms. The van der Waals surface area contributed by atoms with Crippen LogP contribution in [0.4, 0.5) is 0 Å². The van der Waals surface area contributed by atoms with Gasteiger partial charge >= 0.3 is 23.7 Å². The number of rotatable bonds is 6. The highest BCUT2D eigenvalue weighted by Crippen LogP contribution is 2.33. The molecule has 1 unspecified atom stereocenters. The lowest BCUT2D eigenvalue weighted by Gasteiger charge is -2.23. The van der Waals surface area contributed by atoms with Crippen LogP contribution < -0.4 is 0 Å².